The maximum Gasteiger partial charge on any atom is 0.134 e. The zero-order chi connectivity index (χ0) is 18.6. The van der Waals surface area contributed by atoms with Gasteiger partial charge in [0.1, 0.15) is 18.0 Å². The SMILES string of the molecule is C=CN1CCN(c2cc(NCC(O)c3ccccc3)ncn2)CC1(C)C. The molecule has 0 aliphatic carbocycles. The van der Waals surface area contributed by atoms with Crippen LogP contribution in [0.2, 0.25) is 0 Å². The summed E-state index contributed by atoms with van der Waals surface area (Å²) in [6.07, 6.45) is 2.90. The van der Waals surface area contributed by atoms with Crippen molar-refractivity contribution in [3.8, 4) is 0 Å². The van der Waals surface area contributed by atoms with Crippen LogP contribution in [-0.2, 0) is 0 Å². The van der Waals surface area contributed by atoms with E-state index in [0.29, 0.717) is 12.4 Å². The highest BCUT2D eigenvalue weighted by molar-refractivity contribution is 5.49. The van der Waals surface area contributed by atoms with Crippen LogP contribution in [0, 0.1) is 0 Å². The monoisotopic (exact) mass is 353 g/mol. The molecule has 6 heteroatoms. The van der Waals surface area contributed by atoms with Gasteiger partial charge >= 0.3 is 0 Å². The van der Waals surface area contributed by atoms with Crippen molar-refractivity contribution in [2.75, 3.05) is 36.4 Å². The van der Waals surface area contributed by atoms with Crippen LogP contribution in [0.4, 0.5) is 11.6 Å². The maximum absolute atomic E-state index is 10.3. The lowest BCUT2D eigenvalue weighted by atomic mass is 9.99. The quantitative estimate of drug-likeness (QED) is 0.832. The molecule has 0 radical (unpaired) electrons. The van der Waals surface area contributed by atoms with Crippen LogP contribution < -0.4 is 10.2 Å². The van der Waals surface area contributed by atoms with Gasteiger partial charge in [-0.1, -0.05) is 36.9 Å². The van der Waals surface area contributed by atoms with E-state index in [1.54, 1.807) is 6.33 Å². The van der Waals surface area contributed by atoms with Gasteiger partial charge in [-0.15, -0.1) is 0 Å². The fourth-order valence-corrected chi connectivity index (χ4v) is 3.31. The van der Waals surface area contributed by atoms with E-state index in [1.165, 1.54) is 0 Å². The molecule has 1 fully saturated rings. The topological polar surface area (TPSA) is 64.5 Å². The molecule has 1 unspecified atom stereocenters. The fourth-order valence-electron chi connectivity index (χ4n) is 3.31. The van der Waals surface area contributed by atoms with Crippen molar-refractivity contribution in [3.05, 3.63) is 61.1 Å². The molecule has 1 aromatic heterocycles. The standard InChI is InChI=1S/C20H27N5O/c1-4-25-11-10-24(14-20(25,2)3)19-12-18(22-15-23-19)21-13-17(26)16-8-6-5-7-9-16/h4-9,12,15,17,26H,1,10-11,13-14H2,2-3H3,(H,21,22,23). The smallest absolute Gasteiger partial charge is 0.134 e. The highest BCUT2D eigenvalue weighted by Gasteiger charge is 2.32. The number of aromatic nitrogens is 2. The van der Waals surface area contributed by atoms with Crippen LogP contribution >= 0.6 is 0 Å². The molecule has 138 valence electrons. The van der Waals surface area contributed by atoms with Crippen LogP contribution in [0.3, 0.4) is 0 Å². The number of benzene rings is 1. The summed E-state index contributed by atoms with van der Waals surface area (Å²) in [5.74, 6) is 1.61. The minimum absolute atomic E-state index is 0.00203. The number of hydrogen-bond donors (Lipinski definition) is 2. The van der Waals surface area contributed by atoms with E-state index in [9.17, 15) is 5.11 Å². The molecular weight excluding hydrogens is 326 g/mol. The predicted octanol–water partition coefficient (Wildman–Crippen LogP) is 2.67. The second kappa shape index (κ2) is 7.74. The Bertz CT molecular complexity index is 734. The molecule has 0 bridgehead atoms. The van der Waals surface area contributed by atoms with E-state index in [0.717, 1.165) is 31.0 Å². The molecule has 0 saturated carbocycles. The fraction of sp³-hybridized carbons (Fsp3) is 0.400. The molecule has 1 aliphatic rings. The molecule has 2 aromatic rings. The first-order valence-corrected chi connectivity index (χ1v) is 8.93. The Labute approximate surface area is 155 Å². The molecule has 1 saturated heterocycles. The Balaban J connectivity index is 1.64. The van der Waals surface area contributed by atoms with Crippen molar-refractivity contribution in [1.29, 1.82) is 0 Å². The summed E-state index contributed by atoms with van der Waals surface area (Å²) in [6, 6.07) is 11.6. The van der Waals surface area contributed by atoms with E-state index < -0.39 is 6.10 Å². The second-order valence-electron chi connectivity index (χ2n) is 7.18. The number of anilines is 2. The van der Waals surface area contributed by atoms with Crippen molar-refractivity contribution in [1.82, 2.24) is 14.9 Å². The zero-order valence-corrected chi connectivity index (χ0v) is 15.5. The third kappa shape index (κ3) is 4.14. The molecule has 6 nitrogen and oxygen atoms in total. The minimum atomic E-state index is -0.579. The Morgan fingerprint density at radius 3 is 2.73 bits per heavy atom. The van der Waals surface area contributed by atoms with Gasteiger partial charge in [0.15, 0.2) is 0 Å². The van der Waals surface area contributed by atoms with Gasteiger partial charge < -0.3 is 20.2 Å². The number of piperazine rings is 1. The van der Waals surface area contributed by atoms with Crippen LogP contribution in [-0.4, -0.2) is 51.7 Å². The van der Waals surface area contributed by atoms with Crippen molar-refractivity contribution in [2.45, 2.75) is 25.5 Å². The first kappa shape index (κ1) is 18.2. The zero-order valence-electron chi connectivity index (χ0n) is 15.5. The van der Waals surface area contributed by atoms with Gasteiger partial charge in [-0.05, 0) is 25.6 Å². The molecule has 2 heterocycles. The summed E-state index contributed by atoms with van der Waals surface area (Å²) >= 11 is 0. The summed E-state index contributed by atoms with van der Waals surface area (Å²) in [7, 11) is 0. The molecule has 0 amide bonds. The van der Waals surface area contributed by atoms with Gasteiger partial charge in [0.25, 0.3) is 0 Å². The largest absolute Gasteiger partial charge is 0.387 e. The normalized spacial score (nSPS) is 17.7. The van der Waals surface area contributed by atoms with Gasteiger partial charge in [0, 0.05) is 32.2 Å². The predicted molar refractivity (Wildman–Crippen MR) is 105 cm³/mol. The molecular formula is C20H27N5O. The Morgan fingerprint density at radius 1 is 1.27 bits per heavy atom. The van der Waals surface area contributed by atoms with Crippen molar-refractivity contribution in [3.63, 3.8) is 0 Å². The average Bonchev–Trinajstić information content (AvgIpc) is 2.66. The summed E-state index contributed by atoms with van der Waals surface area (Å²) < 4.78 is 0. The highest BCUT2D eigenvalue weighted by atomic mass is 16.3. The van der Waals surface area contributed by atoms with E-state index in [2.05, 4.69) is 45.5 Å². The van der Waals surface area contributed by atoms with Crippen LogP contribution in [0.15, 0.2) is 55.5 Å². The Hall–Kier alpha value is -2.60. The van der Waals surface area contributed by atoms with Crippen LogP contribution in [0.5, 0.6) is 0 Å². The molecule has 3 rings (SSSR count). The number of aliphatic hydroxyl groups excluding tert-OH is 1. The summed E-state index contributed by atoms with van der Waals surface area (Å²) in [6.45, 7) is 11.4. The summed E-state index contributed by atoms with van der Waals surface area (Å²) in [5, 5.41) is 13.5. The third-order valence-corrected chi connectivity index (χ3v) is 4.82. The van der Waals surface area contributed by atoms with E-state index in [-0.39, 0.29) is 5.54 Å². The second-order valence-corrected chi connectivity index (χ2v) is 7.18. The summed E-state index contributed by atoms with van der Waals surface area (Å²) in [4.78, 5) is 13.2. The summed E-state index contributed by atoms with van der Waals surface area (Å²) in [5.41, 5.74) is 0.888. The number of aliphatic hydroxyl groups is 1. The van der Waals surface area contributed by atoms with Crippen LogP contribution in [0.1, 0.15) is 25.5 Å². The maximum atomic E-state index is 10.3. The van der Waals surface area contributed by atoms with Crippen molar-refractivity contribution in [2.24, 2.45) is 0 Å². The van der Waals surface area contributed by atoms with Gasteiger partial charge in [0.2, 0.25) is 0 Å². The van der Waals surface area contributed by atoms with E-state index >= 15 is 0 Å². The number of nitrogens with one attached hydrogen (secondary N) is 1. The molecule has 26 heavy (non-hydrogen) atoms. The number of rotatable bonds is 6. The Kier molecular flexibility index (Phi) is 5.42. The Morgan fingerprint density at radius 2 is 2.04 bits per heavy atom. The van der Waals surface area contributed by atoms with Gasteiger partial charge in [0.05, 0.1) is 11.6 Å². The van der Waals surface area contributed by atoms with Crippen molar-refractivity contribution < 1.29 is 5.11 Å². The first-order valence-electron chi connectivity index (χ1n) is 8.93. The molecule has 1 atom stereocenters. The highest BCUT2D eigenvalue weighted by Crippen LogP contribution is 2.25. The molecule has 1 aromatic carbocycles. The lowest BCUT2D eigenvalue weighted by molar-refractivity contribution is 0.165. The van der Waals surface area contributed by atoms with Gasteiger partial charge in [-0.3, -0.25) is 0 Å². The lowest BCUT2D eigenvalue weighted by Crippen LogP contribution is -2.57. The number of nitrogens with zero attached hydrogens (tertiary/aromatic N) is 4. The van der Waals surface area contributed by atoms with Gasteiger partial charge in [-0.2, -0.15) is 0 Å². The van der Waals surface area contributed by atoms with Crippen LogP contribution in [0.25, 0.3) is 0 Å². The molecule has 1 aliphatic heterocycles. The van der Waals surface area contributed by atoms with E-state index in [1.807, 2.05) is 42.6 Å². The molecule has 2 N–H and O–H groups in total. The lowest BCUT2D eigenvalue weighted by Gasteiger charge is -2.47. The van der Waals surface area contributed by atoms with Gasteiger partial charge in [-0.25, -0.2) is 9.97 Å². The first-order chi connectivity index (χ1) is 12.5. The third-order valence-electron chi connectivity index (χ3n) is 4.82. The average molecular weight is 353 g/mol. The minimum Gasteiger partial charge on any atom is -0.387 e. The number of hydrogen-bond acceptors (Lipinski definition) is 6. The van der Waals surface area contributed by atoms with Crippen molar-refractivity contribution >= 4 is 11.6 Å². The molecule has 0 spiro atoms. The van der Waals surface area contributed by atoms with E-state index in [4.69, 9.17) is 0 Å².